The maximum absolute atomic E-state index is 4.64. The van der Waals surface area contributed by atoms with Crippen LogP contribution in [0.4, 0.5) is 11.6 Å². The summed E-state index contributed by atoms with van der Waals surface area (Å²) in [7, 11) is 0. The summed E-state index contributed by atoms with van der Waals surface area (Å²) in [5, 5.41) is 0. The number of pyridine rings is 4. The van der Waals surface area contributed by atoms with Gasteiger partial charge in [0.25, 0.3) is 0 Å². The number of benzene rings is 2. The average Bonchev–Trinajstić information content (AvgIpc) is 2.99. The topological polar surface area (TPSA) is 78.7 Å². The van der Waals surface area contributed by atoms with Gasteiger partial charge in [-0.1, -0.05) is 114 Å². The SMILES string of the molecule is [Pt+2].c1ccc(-c2ccnc(N=c3ccc(-c4ccccc4-c4ccc(N=c5cccc[n-]5)nc4)c[n-]3)c2)cc1. The first-order chi connectivity index (χ1) is 18.8. The number of rotatable bonds is 5. The largest absolute Gasteiger partial charge is 2.00 e. The molecule has 2 aromatic carbocycles. The third-order valence-electron chi connectivity index (χ3n) is 6.00. The van der Waals surface area contributed by atoms with Crippen molar-refractivity contribution in [3.63, 3.8) is 0 Å². The quantitative estimate of drug-likeness (QED) is 0.228. The van der Waals surface area contributed by atoms with Crippen LogP contribution in [0.3, 0.4) is 0 Å². The zero-order valence-corrected chi connectivity index (χ0v) is 23.0. The van der Waals surface area contributed by atoms with Gasteiger partial charge in [0.15, 0.2) is 0 Å². The van der Waals surface area contributed by atoms with E-state index in [1.165, 1.54) is 0 Å². The molecule has 0 spiro atoms. The van der Waals surface area contributed by atoms with E-state index in [1.807, 2.05) is 97.3 Å². The molecule has 0 aliphatic carbocycles. The van der Waals surface area contributed by atoms with Gasteiger partial charge in [-0.25, -0.2) is 0 Å². The van der Waals surface area contributed by atoms with Crippen LogP contribution in [0.25, 0.3) is 33.4 Å². The molecular weight excluding hydrogens is 663 g/mol. The molecule has 0 radical (unpaired) electrons. The fourth-order valence-corrected chi connectivity index (χ4v) is 4.15. The van der Waals surface area contributed by atoms with Gasteiger partial charge in [-0.3, -0.25) is 9.97 Å². The Morgan fingerprint density at radius 2 is 1.23 bits per heavy atom. The van der Waals surface area contributed by atoms with Crippen LogP contribution < -0.4 is 20.9 Å². The number of aromatic nitrogens is 4. The minimum Gasteiger partial charge on any atom is -0.443 e. The van der Waals surface area contributed by atoms with Crippen molar-refractivity contribution in [3.8, 4) is 33.4 Å². The molecule has 4 aromatic heterocycles. The summed E-state index contributed by atoms with van der Waals surface area (Å²) in [5.41, 5.74) is 7.54. The molecule has 0 amide bonds. The number of hydrogen-bond acceptors (Lipinski definition) is 4. The molecule has 4 heterocycles. The maximum atomic E-state index is 4.64. The van der Waals surface area contributed by atoms with E-state index in [0.29, 0.717) is 22.6 Å². The Morgan fingerprint density at radius 3 is 1.95 bits per heavy atom. The van der Waals surface area contributed by atoms with Crippen LogP contribution in [0.1, 0.15) is 0 Å². The van der Waals surface area contributed by atoms with Crippen molar-refractivity contribution >= 4 is 11.6 Å². The molecule has 6 aromatic rings. The first-order valence-corrected chi connectivity index (χ1v) is 12.2. The Morgan fingerprint density at radius 1 is 0.513 bits per heavy atom. The third kappa shape index (κ3) is 6.25. The van der Waals surface area contributed by atoms with Gasteiger partial charge in [0.1, 0.15) is 0 Å². The summed E-state index contributed by atoms with van der Waals surface area (Å²) in [5.74, 6) is 1.23. The smallest absolute Gasteiger partial charge is 0.443 e. The molecule has 0 bridgehead atoms. The van der Waals surface area contributed by atoms with E-state index in [9.17, 15) is 0 Å². The second-order valence-electron chi connectivity index (χ2n) is 8.54. The van der Waals surface area contributed by atoms with Gasteiger partial charge in [0.2, 0.25) is 0 Å². The van der Waals surface area contributed by atoms with Crippen molar-refractivity contribution in [2.45, 2.75) is 0 Å². The summed E-state index contributed by atoms with van der Waals surface area (Å²) in [4.78, 5) is 26.9. The van der Waals surface area contributed by atoms with Crippen LogP contribution in [0.2, 0.25) is 0 Å². The molecule has 0 atom stereocenters. The molecule has 0 aliphatic heterocycles. The predicted molar refractivity (Wildman–Crippen MR) is 148 cm³/mol. The predicted octanol–water partition coefficient (Wildman–Crippen LogP) is 5.85. The molecule has 6 rings (SSSR count). The number of nitrogens with zero attached hydrogens (tertiary/aromatic N) is 6. The molecule has 0 fully saturated rings. The van der Waals surface area contributed by atoms with E-state index < -0.39 is 0 Å². The van der Waals surface area contributed by atoms with Gasteiger partial charge in [-0.05, 0) is 46.0 Å². The monoisotopic (exact) mass is 685 g/mol. The third-order valence-corrected chi connectivity index (χ3v) is 6.00. The van der Waals surface area contributed by atoms with E-state index in [4.69, 9.17) is 0 Å². The average molecular weight is 686 g/mol. The summed E-state index contributed by atoms with van der Waals surface area (Å²) in [6, 6.07) is 35.8. The van der Waals surface area contributed by atoms with Gasteiger partial charge >= 0.3 is 21.1 Å². The zero-order valence-electron chi connectivity index (χ0n) is 20.7. The second kappa shape index (κ2) is 12.2. The Hall–Kier alpha value is -4.67. The Bertz CT molecular complexity index is 1790. The molecule has 0 N–H and O–H groups in total. The Balaban J connectivity index is 0.00000308. The first-order valence-electron chi connectivity index (χ1n) is 12.2. The van der Waals surface area contributed by atoms with Gasteiger partial charge in [-0.2, -0.15) is 0 Å². The van der Waals surface area contributed by atoms with Crippen LogP contribution in [0, 0.1) is 0 Å². The van der Waals surface area contributed by atoms with E-state index >= 15 is 0 Å². The van der Waals surface area contributed by atoms with Crippen LogP contribution in [0.5, 0.6) is 0 Å². The molecule has 0 saturated carbocycles. The van der Waals surface area contributed by atoms with Crippen molar-refractivity contribution < 1.29 is 21.1 Å². The van der Waals surface area contributed by atoms with Gasteiger partial charge in [0, 0.05) is 18.0 Å². The number of hydrogen-bond donors (Lipinski definition) is 0. The fraction of sp³-hybridized carbons (Fsp3) is 0. The van der Waals surface area contributed by atoms with Crippen molar-refractivity contribution in [3.05, 3.63) is 145 Å². The van der Waals surface area contributed by atoms with Crippen LogP contribution in [-0.2, 0) is 21.1 Å². The van der Waals surface area contributed by atoms with Gasteiger partial charge < -0.3 is 20.0 Å². The molecular formula is C32H22N6Pt. The standard InChI is InChI=1S/C32H22N6.Pt/c1-2-8-23(9-3-1)24-17-19-34-32(20-24)38-31-16-14-26(22-36-31)28-11-5-4-10-27(28)25-13-15-30(35-21-25)37-29-12-6-7-18-33-29;/h1-22H;/q-2;+2. The van der Waals surface area contributed by atoms with Crippen LogP contribution in [0.15, 0.2) is 144 Å². The molecule has 7 heteroatoms. The molecule has 6 nitrogen and oxygen atoms in total. The molecule has 0 aliphatic rings. The van der Waals surface area contributed by atoms with E-state index in [0.717, 1.165) is 33.4 Å². The molecule has 190 valence electrons. The summed E-state index contributed by atoms with van der Waals surface area (Å²) in [6.45, 7) is 0. The zero-order chi connectivity index (χ0) is 25.6. The van der Waals surface area contributed by atoms with E-state index in [-0.39, 0.29) is 21.1 Å². The van der Waals surface area contributed by atoms with Crippen LogP contribution >= 0.6 is 0 Å². The summed E-state index contributed by atoms with van der Waals surface area (Å²) in [6.07, 6.45) is 7.17. The van der Waals surface area contributed by atoms with Gasteiger partial charge in [-0.15, -0.1) is 0 Å². The normalized spacial score (nSPS) is 11.7. The van der Waals surface area contributed by atoms with Crippen LogP contribution in [-0.4, -0.2) is 9.97 Å². The van der Waals surface area contributed by atoms with Gasteiger partial charge in [0.05, 0.1) is 11.6 Å². The summed E-state index contributed by atoms with van der Waals surface area (Å²) < 4.78 is 0. The van der Waals surface area contributed by atoms with Crippen molar-refractivity contribution in [1.29, 1.82) is 0 Å². The Labute approximate surface area is 240 Å². The second-order valence-corrected chi connectivity index (χ2v) is 8.54. The first kappa shape index (κ1) is 26.0. The summed E-state index contributed by atoms with van der Waals surface area (Å²) >= 11 is 0. The minimum absolute atomic E-state index is 0. The van der Waals surface area contributed by atoms with Crippen molar-refractivity contribution in [2.75, 3.05) is 0 Å². The molecule has 0 unspecified atom stereocenters. The Kier molecular flexibility index (Phi) is 8.15. The molecule has 39 heavy (non-hydrogen) atoms. The van der Waals surface area contributed by atoms with Crippen molar-refractivity contribution in [2.24, 2.45) is 9.98 Å². The van der Waals surface area contributed by atoms with E-state index in [2.05, 4.69) is 54.2 Å². The van der Waals surface area contributed by atoms with Crippen molar-refractivity contribution in [1.82, 2.24) is 19.9 Å². The maximum Gasteiger partial charge on any atom is 2.00 e. The molecule has 0 saturated heterocycles. The van der Waals surface area contributed by atoms with E-state index in [1.54, 1.807) is 12.4 Å². The minimum atomic E-state index is 0. The fourth-order valence-electron chi connectivity index (χ4n) is 4.15.